The van der Waals surface area contributed by atoms with E-state index in [1.165, 1.54) is 28.9 Å². The number of carbonyl (C=O) groups excluding carboxylic acids is 1. The second-order valence-electron chi connectivity index (χ2n) is 11.2. The predicted octanol–water partition coefficient (Wildman–Crippen LogP) is 6.87. The number of nitrogens with zero attached hydrogens (tertiary/aromatic N) is 1. The first kappa shape index (κ1) is 26.9. The van der Waals surface area contributed by atoms with Gasteiger partial charge in [0, 0.05) is 12.7 Å². The molecule has 184 valence electrons. The average Bonchev–Trinajstić information content (AvgIpc) is 2.71. The molecule has 0 unspecified atom stereocenters. The number of hydrogen-bond donors (Lipinski definition) is 2. The number of carboxylic acid groups (broad SMARTS) is 1. The van der Waals surface area contributed by atoms with E-state index >= 15 is 0 Å². The van der Waals surface area contributed by atoms with Gasteiger partial charge in [0.05, 0.1) is 12.5 Å². The van der Waals surface area contributed by atoms with E-state index in [0.29, 0.717) is 5.41 Å². The largest absolute Gasteiger partial charge is 0.481 e. The van der Waals surface area contributed by atoms with Crippen LogP contribution in [-0.2, 0) is 17.6 Å². The number of urea groups is 1. The molecule has 0 bridgehead atoms. The number of aliphatic carboxylic acids is 1. The second kappa shape index (κ2) is 11.2. The molecule has 33 heavy (non-hydrogen) atoms. The Morgan fingerprint density at radius 1 is 1.09 bits per heavy atom. The van der Waals surface area contributed by atoms with Crippen molar-refractivity contribution in [3.8, 4) is 0 Å². The molecule has 0 fully saturated rings. The van der Waals surface area contributed by atoms with Gasteiger partial charge in [-0.15, -0.1) is 0 Å². The third-order valence-corrected chi connectivity index (χ3v) is 6.68. The van der Waals surface area contributed by atoms with Gasteiger partial charge < -0.3 is 15.3 Å². The van der Waals surface area contributed by atoms with Crippen LogP contribution in [0.2, 0.25) is 0 Å². The van der Waals surface area contributed by atoms with Crippen LogP contribution in [-0.4, -0.2) is 28.6 Å². The zero-order valence-electron chi connectivity index (χ0n) is 21.8. The van der Waals surface area contributed by atoms with Crippen LogP contribution in [0.5, 0.6) is 0 Å². The Bertz CT molecular complexity index is 864. The van der Waals surface area contributed by atoms with Crippen molar-refractivity contribution in [3.05, 3.63) is 46.7 Å². The number of carbonyl (C=O) groups is 2. The Labute approximate surface area is 200 Å². The van der Waals surface area contributed by atoms with Crippen molar-refractivity contribution in [2.75, 3.05) is 6.54 Å². The van der Waals surface area contributed by atoms with Crippen LogP contribution in [0.1, 0.15) is 103 Å². The SMILES string of the molecule is CCCC(C)(C)C1=CN(CCC(=O)O)C(=O)N[C@@H]1c1ccc(CCCC(C)(C)C)c(CC)c1. The Balaban J connectivity index is 2.37. The predicted molar refractivity (Wildman–Crippen MR) is 135 cm³/mol. The molecule has 1 heterocycles. The molecule has 0 radical (unpaired) electrons. The zero-order valence-corrected chi connectivity index (χ0v) is 21.8. The van der Waals surface area contributed by atoms with Gasteiger partial charge in [-0.25, -0.2) is 4.79 Å². The van der Waals surface area contributed by atoms with Gasteiger partial charge in [-0.1, -0.05) is 73.1 Å². The lowest BCUT2D eigenvalue weighted by molar-refractivity contribution is -0.137. The first-order chi connectivity index (χ1) is 15.4. The van der Waals surface area contributed by atoms with Gasteiger partial charge in [-0.3, -0.25) is 4.79 Å². The lowest BCUT2D eigenvalue weighted by atomic mass is 9.74. The van der Waals surface area contributed by atoms with Crippen LogP contribution in [0.4, 0.5) is 4.79 Å². The molecule has 1 atom stereocenters. The van der Waals surface area contributed by atoms with Gasteiger partial charge in [0.15, 0.2) is 0 Å². The molecular weight excluding hydrogens is 412 g/mol. The van der Waals surface area contributed by atoms with E-state index in [9.17, 15) is 9.59 Å². The van der Waals surface area contributed by atoms with E-state index in [1.54, 1.807) is 0 Å². The van der Waals surface area contributed by atoms with Gasteiger partial charge in [-0.05, 0) is 65.2 Å². The standard InChI is InChI=1S/C28H44N2O3/c1-8-15-28(6,7)23-19-30(17-14-24(31)32)26(33)29-25(23)22-13-12-21(20(9-2)18-22)11-10-16-27(3,4)5/h12-13,18-19,25H,8-11,14-17H2,1-7H3,(H,29,33)(H,31,32)/t25-/m1/s1. The molecule has 2 rings (SSSR count). The van der Waals surface area contributed by atoms with Gasteiger partial charge in [0.2, 0.25) is 0 Å². The molecule has 0 spiro atoms. The summed E-state index contributed by atoms with van der Waals surface area (Å²) in [7, 11) is 0. The molecule has 1 aliphatic heterocycles. The summed E-state index contributed by atoms with van der Waals surface area (Å²) >= 11 is 0. The van der Waals surface area contributed by atoms with Gasteiger partial charge in [0.25, 0.3) is 0 Å². The quantitative estimate of drug-likeness (QED) is 0.382. The molecule has 2 amide bonds. The highest BCUT2D eigenvalue weighted by Gasteiger charge is 2.36. The lowest BCUT2D eigenvalue weighted by Gasteiger charge is -2.40. The van der Waals surface area contributed by atoms with Crippen molar-refractivity contribution < 1.29 is 14.7 Å². The number of amides is 2. The maximum Gasteiger partial charge on any atom is 0.322 e. The van der Waals surface area contributed by atoms with Crippen LogP contribution in [0.3, 0.4) is 0 Å². The molecular formula is C28H44N2O3. The molecule has 5 heteroatoms. The molecule has 2 N–H and O–H groups in total. The van der Waals surface area contributed by atoms with Gasteiger partial charge in [-0.2, -0.15) is 0 Å². The summed E-state index contributed by atoms with van der Waals surface area (Å²) in [5.74, 6) is -0.901. The van der Waals surface area contributed by atoms with E-state index < -0.39 is 5.97 Å². The topological polar surface area (TPSA) is 69.6 Å². The molecule has 0 aromatic heterocycles. The average molecular weight is 457 g/mol. The number of benzene rings is 1. The Morgan fingerprint density at radius 3 is 2.36 bits per heavy atom. The molecule has 5 nitrogen and oxygen atoms in total. The summed E-state index contributed by atoms with van der Waals surface area (Å²) in [4.78, 5) is 25.5. The maximum absolute atomic E-state index is 12.9. The highest BCUT2D eigenvalue weighted by Crippen LogP contribution is 2.42. The third-order valence-electron chi connectivity index (χ3n) is 6.68. The molecule has 1 aliphatic rings. The second-order valence-corrected chi connectivity index (χ2v) is 11.2. The number of nitrogens with one attached hydrogen (secondary N) is 1. The van der Waals surface area contributed by atoms with E-state index in [-0.39, 0.29) is 30.5 Å². The Hall–Kier alpha value is -2.30. The summed E-state index contributed by atoms with van der Waals surface area (Å²) in [6.07, 6.45) is 8.26. The summed E-state index contributed by atoms with van der Waals surface area (Å²) in [6, 6.07) is 6.24. The fraction of sp³-hybridized carbons (Fsp3) is 0.643. The highest BCUT2D eigenvalue weighted by atomic mass is 16.4. The van der Waals surface area contributed by atoms with Crippen molar-refractivity contribution in [1.29, 1.82) is 0 Å². The summed E-state index contributed by atoms with van der Waals surface area (Å²) < 4.78 is 0. The van der Waals surface area contributed by atoms with Crippen molar-refractivity contribution in [1.82, 2.24) is 10.2 Å². The van der Waals surface area contributed by atoms with E-state index in [0.717, 1.165) is 36.8 Å². The summed E-state index contributed by atoms with van der Waals surface area (Å²) in [5.41, 5.74) is 5.21. The minimum absolute atomic E-state index is 0.0701. The molecule has 0 saturated carbocycles. The third kappa shape index (κ3) is 7.62. The minimum Gasteiger partial charge on any atom is -0.481 e. The van der Waals surface area contributed by atoms with Crippen molar-refractivity contribution in [2.24, 2.45) is 10.8 Å². The smallest absolute Gasteiger partial charge is 0.322 e. The van der Waals surface area contributed by atoms with E-state index in [4.69, 9.17) is 5.11 Å². The van der Waals surface area contributed by atoms with Crippen LogP contribution in [0.15, 0.2) is 30.0 Å². The van der Waals surface area contributed by atoms with Crippen LogP contribution in [0.25, 0.3) is 0 Å². The Morgan fingerprint density at radius 2 is 1.79 bits per heavy atom. The van der Waals surface area contributed by atoms with Crippen molar-refractivity contribution in [3.63, 3.8) is 0 Å². The van der Waals surface area contributed by atoms with E-state index in [1.807, 2.05) is 6.20 Å². The molecule has 0 saturated heterocycles. The molecule has 1 aromatic carbocycles. The van der Waals surface area contributed by atoms with Crippen LogP contribution < -0.4 is 5.32 Å². The normalized spacial score (nSPS) is 17.1. The Kier molecular flexibility index (Phi) is 9.16. The number of rotatable bonds is 11. The van der Waals surface area contributed by atoms with Crippen molar-refractivity contribution in [2.45, 2.75) is 99.5 Å². The van der Waals surface area contributed by atoms with Crippen molar-refractivity contribution >= 4 is 12.0 Å². The lowest BCUT2D eigenvalue weighted by Crippen LogP contribution is -2.47. The van der Waals surface area contributed by atoms with Gasteiger partial charge in [0.1, 0.15) is 0 Å². The number of carboxylic acids is 1. The molecule has 1 aromatic rings. The number of aryl methyl sites for hydroxylation is 2. The first-order valence-electron chi connectivity index (χ1n) is 12.5. The monoisotopic (exact) mass is 456 g/mol. The fourth-order valence-electron chi connectivity index (χ4n) is 4.77. The maximum atomic E-state index is 12.9. The molecule has 0 aliphatic carbocycles. The van der Waals surface area contributed by atoms with Crippen LogP contribution >= 0.6 is 0 Å². The zero-order chi connectivity index (χ0) is 24.8. The minimum atomic E-state index is -0.901. The fourth-order valence-corrected chi connectivity index (χ4v) is 4.77. The van der Waals surface area contributed by atoms with E-state index in [2.05, 4.69) is 72.0 Å². The van der Waals surface area contributed by atoms with Gasteiger partial charge >= 0.3 is 12.0 Å². The first-order valence-corrected chi connectivity index (χ1v) is 12.5. The summed E-state index contributed by atoms with van der Waals surface area (Å²) in [5, 5.41) is 12.3. The number of hydrogen-bond acceptors (Lipinski definition) is 2. The van der Waals surface area contributed by atoms with Crippen LogP contribution in [0, 0.1) is 10.8 Å². The highest BCUT2D eigenvalue weighted by molar-refractivity contribution is 5.79. The summed E-state index contributed by atoms with van der Waals surface area (Å²) in [6.45, 7) is 15.8.